The van der Waals surface area contributed by atoms with Crippen LogP contribution in [0.3, 0.4) is 0 Å². The SMILES string of the molecule is CCCCNC(=O)[C@@H](Cc1ccccc1)N(Cc1ccc(Cl)cc1)C(=O)CSCc1ccccc1. The molecule has 0 aliphatic carbocycles. The Morgan fingerprint density at radius 3 is 2.14 bits per heavy atom. The Morgan fingerprint density at radius 2 is 1.51 bits per heavy atom. The van der Waals surface area contributed by atoms with Crippen LogP contribution in [0.2, 0.25) is 5.02 Å². The molecule has 0 radical (unpaired) electrons. The molecular weight excluding hydrogens is 476 g/mol. The number of thioether (sulfide) groups is 1. The van der Waals surface area contributed by atoms with E-state index >= 15 is 0 Å². The van der Waals surface area contributed by atoms with Gasteiger partial charge in [0.1, 0.15) is 6.04 Å². The smallest absolute Gasteiger partial charge is 0.243 e. The van der Waals surface area contributed by atoms with Crippen molar-refractivity contribution in [2.24, 2.45) is 0 Å². The first-order chi connectivity index (χ1) is 17.1. The molecule has 0 fully saturated rings. The Morgan fingerprint density at radius 1 is 0.886 bits per heavy atom. The van der Waals surface area contributed by atoms with E-state index in [4.69, 9.17) is 11.6 Å². The van der Waals surface area contributed by atoms with Crippen LogP contribution in [0.5, 0.6) is 0 Å². The lowest BCUT2D eigenvalue weighted by atomic mass is 10.0. The fourth-order valence-corrected chi connectivity index (χ4v) is 4.76. The van der Waals surface area contributed by atoms with Crippen molar-refractivity contribution in [3.8, 4) is 0 Å². The van der Waals surface area contributed by atoms with Crippen LogP contribution < -0.4 is 5.32 Å². The van der Waals surface area contributed by atoms with Crippen LogP contribution in [-0.4, -0.2) is 35.1 Å². The number of nitrogens with zero attached hydrogens (tertiary/aromatic N) is 1. The summed E-state index contributed by atoms with van der Waals surface area (Å²) in [6.45, 7) is 3.04. The van der Waals surface area contributed by atoms with Gasteiger partial charge in [0.05, 0.1) is 5.75 Å². The van der Waals surface area contributed by atoms with Crippen molar-refractivity contribution < 1.29 is 9.59 Å². The Balaban J connectivity index is 1.82. The first-order valence-corrected chi connectivity index (χ1v) is 13.6. The molecule has 0 aliphatic heterocycles. The van der Waals surface area contributed by atoms with E-state index in [0.717, 1.165) is 29.7 Å². The molecule has 2 amide bonds. The summed E-state index contributed by atoms with van der Waals surface area (Å²) in [5.74, 6) is 0.883. The van der Waals surface area contributed by atoms with Gasteiger partial charge in [-0.25, -0.2) is 0 Å². The van der Waals surface area contributed by atoms with E-state index in [2.05, 4.69) is 24.4 Å². The van der Waals surface area contributed by atoms with Crippen LogP contribution in [0.15, 0.2) is 84.9 Å². The van der Waals surface area contributed by atoms with Crippen molar-refractivity contribution in [2.45, 2.75) is 44.5 Å². The van der Waals surface area contributed by atoms with Crippen molar-refractivity contribution in [1.82, 2.24) is 10.2 Å². The summed E-state index contributed by atoms with van der Waals surface area (Å²) < 4.78 is 0. The van der Waals surface area contributed by atoms with Gasteiger partial charge in [0, 0.05) is 30.3 Å². The van der Waals surface area contributed by atoms with E-state index in [-0.39, 0.29) is 11.8 Å². The Hall–Kier alpha value is -2.76. The third-order valence-electron chi connectivity index (χ3n) is 5.70. The number of rotatable bonds is 13. The molecule has 0 unspecified atom stereocenters. The number of benzene rings is 3. The molecule has 0 heterocycles. The minimum absolute atomic E-state index is 0.0487. The number of amides is 2. The van der Waals surface area contributed by atoms with E-state index in [9.17, 15) is 9.59 Å². The minimum atomic E-state index is -0.602. The number of nitrogens with one attached hydrogen (secondary N) is 1. The van der Waals surface area contributed by atoms with Crippen LogP contribution in [0.4, 0.5) is 0 Å². The van der Waals surface area contributed by atoms with Gasteiger partial charge < -0.3 is 10.2 Å². The monoisotopic (exact) mass is 508 g/mol. The number of halogens is 1. The highest BCUT2D eigenvalue weighted by atomic mass is 35.5. The molecule has 0 saturated carbocycles. The molecule has 0 aliphatic rings. The zero-order valence-electron chi connectivity index (χ0n) is 20.2. The maximum absolute atomic E-state index is 13.6. The van der Waals surface area contributed by atoms with Gasteiger partial charge in [-0.1, -0.05) is 97.7 Å². The average Bonchev–Trinajstić information content (AvgIpc) is 2.88. The van der Waals surface area contributed by atoms with Gasteiger partial charge in [-0.2, -0.15) is 0 Å². The third kappa shape index (κ3) is 9.08. The molecule has 1 atom stereocenters. The summed E-state index contributed by atoms with van der Waals surface area (Å²) in [5.41, 5.74) is 3.14. The summed E-state index contributed by atoms with van der Waals surface area (Å²) >= 11 is 7.65. The predicted molar refractivity (Wildman–Crippen MR) is 146 cm³/mol. The van der Waals surface area contributed by atoms with E-state index < -0.39 is 6.04 Å². The fraction of sp³-hybridized carbons (Fsp3) is 0.310. The first kappa shape index (κ1) is 26.8. The molecule has 0 spiro atoms. The molecule has 35 heavy (non-hydrogen) atoms. The largest absolute Gasteiger partial charge is 0.354 e. The lowest BCUT2D eigenvalue weighted by molar-refractivity contribution is -0.139. The third-order valence-corrected chi connectivity index (χ3v) is 6.94. The van der Waals surface area contributed by atoms with Crippen molar-refractivity contribution >= 4 is 35.2 Å². The molecule has 184 valence electrons. The van der Waals surface area contributed by atoms with Gasteiger partial charge in [-0.3, -0.25) is 9.59 Å². The van der Waals surface area contributed by atoms with Crippen LogP contribution in [0, 0.1) is 0 Å². The molecule has 0 aromatic heterocycles. The van der Waals surface area contributed by atoms with Crippen molar-refractivity contribution in [3.63, 3.8) is 0 Å². The Bertz CT molecular complexity index is 1050. The Labute approximate surface area is 218 Å². The van der Waals surface area contributed by atoms with Crippen LogP contribution in [0.1, 0.15) is 36.5 Å². The molecular formula is C29H33ClN2O2S. The van der Waals surface area contributed by atoms with E-state index in [1.165, 1.54) is 5.56 Å². The second-order valence-corrected chi connectivity index (χ2v) is 9.90. The molecule has 0 bridgehead atoms. The molecule has 4 nitrogen and oxygen atoms in total. The highest BCUT2D eigenvalue weighted by Gasteiger charge is 2.30. The van der Waals surface area contributed by atoms with Gasteiger partial charge in [0.25, 0.3) is 0 Å². The molecule has 6 heteroatoms. The van der Waals surface area contributed by atoms with E-state index in [0.29, 0.717) is 30.3 Å². The van der Waals surface area contributed by atoms with Gasteiger partial charge >= 0.3 is 0 Å². The second-order valence-electron chi connectivity index (χ2n) is 8.48. The van der Waals surface area contributed by atoms with E-state index in [1.807, 2.05) is 72.8 Å². The van der Waals surface area contributed by atoms with E-state index in [1.54, 1.807) is 16.7 Å². The van der Waals surface area contributed by atoms with Crippen LogP contribution in [-0.2, 0) is 28.3 Å². The van der Waals surface area contributed by atoms with Gasteiger partial charge in [0.15, 0.2) is 0 Å². The topological polar surface area (TPSA) is 49.4 Å². The molecule has 0 saturated heterocycles. The molecule has 1 N–H and O–H groups in total. The number of carbonyl (C=O) groups is 2. The quantitative estimate of drug-likeness (QED) is 0.282. The second kappa shape index (κ2) is 14.6. The summed E-state index contributed by atoms with van der Waals surface area (Å²) in [6.07, 6.45) is 2.36. The van der Waals surface area contributed by atoms with Crippen molar-refractivity contribution in [1.29, 1.82) is 0 Å². The summed E-state index contributed by atoms with van der Waals surface area (Å²) in [4.78, 5) is 28.7. The van der Waals surface area contributed by atoms with Gasteiger partial charge in [-0.15, -0.1) is 11.8 Å². The lowest BCUT2D eigenvalue weighted by Gasteiger charge is -2.31. The van der Waals surface area contributed by atoms with Gasteiger partial charge in [-0.05, 0) is 35.2 Å². The predicted octanol–water partition coefficient (Wildman–Crippen LogP) is 6.13. The van der Waals surface area contributed by atoms with Crippen LogP contribution in [0.25, 0.3) is 0 Å². The van der Waals surface area contributed by atoms with Crippen molar-refractivity contribution in [2.75, 3.05) is 12.3 Å². The van der Waals surface area contributed by atoms with Crippen LogP contribution >= 0.6 is 23.4 Å². The zero-order chi connectivity index (χ0) is 24.9. The molecule has 3 rings (SSSR count). The molecule has 3 aromatic rings. The summed E-state index contributed by atoms with van der Waals surface area (Å²) in [5, 5.41) is 3.70. The maximum atomic E-state index is 13.6. The fourth-order valence-electron chi connectivity index (χ4n) is 3.76. The Kier molecular flexibility index (Phi) is 11.2. The minimum Gasteiger partial charge on any atom is -0.354 e. The summed E-state index contributed by atoms with van der Waals surface area (Å²) in [6, 6.07) is 26.8. The molecule has 3 aromatic carbocycles. The maximum Gasteiger partial charge on any atom is 0.243 e. The summed E-state index contributed by atoms with van der Waals surface area (Å²) in [7, 11) is 0. The first-order valence-electron chi connectivity index (χ1n) is 12.0. The number of unbranched alkanes of at least 4 members (excludes halogenated alkanes) is 1. The number of hydrogen-bond acceptors (Lipinski definition) is 3. The number of carbonyl (C=O) groups excluding carboxylic acids is 2. The standard InChI is InChI=1S/C29H33ClN2O2S/c1-2-3-18-31-29(34)27(19-23-10-6-4-7-11-23)32(20-24-14-16-26(30)17-15-24)28(33)22-35-21-25-12-8-5-9-13-25/h4-17,27H,2-3,18-22H2,1H3,(H,31,34)/t27-/m1/s1. The normalized spacial score (nSPS) is 11.6. The van der Waals surface area contributed by atoms with Gasteiger partial charge in [0.2, 0.25) is 11.8 Å². The van der Waals surface area contributed by atoms with Crippen molar-refractivity contribution in [3.05, 3.63) is 107 Å². The highest BCUT2D eigenvalue weighted by molar-refractivity contribution is 7.99. The zero-order valence-corrected chi connectivity index (χ0v) is 21.7. The highest BCUT2D eigenvalue weighted by Crippen LogP contribution is 2.19. The lowest BCUT2D eigenvalue weighted by Crippen LogP contribution is -2.51. The number of hydrogen-bond donors (Lipinski definition) is 1. The average molecular weight is 509 g/mol.